The van der Waals surface area contributed by atoms with E-state index in [9.17, 15) is 4.39 Å². The third-order valence-electron chi connectivity index (χ3n) is 5.69. The molecule has 0 aromatic rings. The molecule has 0 spiro atoms. The summed E-state index contributed by atoms with van der Waals surface area (Å²) in [6.45, 7) is 7.45. The highest BCUT2D eigenvalue weighted by molar-refractivity contribution is 7.80. The molecule has 2 aliphatic rings. The van der Waals surface area contributed by atoms with Crippen LogP contribution in [-0.4, -0.2) is 5.25 Å². The maximum absolute atomic E-state index is 13.8. The molecule has 2 rings (SSSR count). The third-order valence-corrected chi connectivity index (χ3v) is 6.20. The van der Waals surface area contributed by atoms with E-state index < -0.39 is 0 Å². The Kier molecular flexibility index (Phi) is 6.80. The lowest BCUT2D eigenvalue weighted by molar-refractivity contribution is 0.180. The minimum absolute atomic E-state index is 0.165. The fourth-order valence-corrected chi connectivity index (χ4v) is 4.50. The van der Waals surface area contributed by atoms with Gasteiger partial charge in [-0.3, -0.25) is 0 Å². The lowest BCUT2D eigenvalue weighted by atomic mass is 9.69. The van der Waals surface area contributed by atoms with Crippen LogP contribution in [0.2, 0.25) is 0 Å². The van der Waals surface area contributed by atoms with Crippen molar-refractivity contribution in [2.45, 2.75) is 70.5 Å². The monoisotopic (exact) mass is 322 g/mol. The zero-order valence-corrected chi connectivity index (χ0v) is 15.0. The van der Waals surface area contributed by atoms with Gasteiger partial charge in [-0.15, -0.1) is 0 Å². The zero-order chi connectivity index (χ0) is 16.1. The second kappa shape index (κ2) is 8.38. The maximum atomic E-state index is 13.8. The molecule has 0 amide bonds. The minimum Gasteiger partial charge on any atom is -0.207 e. The van der Waals surface area contributed by atoms with Gasteiger partial charge in [0.2, 0.25) is 0 Å². The first kappa shape index (κ1) is 17.8. The van der Waals surface area contributed by atoms with Crippen LogP contribution in [0.4, 0.5) is 4.39 Å². The van der Waals surface area contributed by atoms with Gasteiger partial charge in [0.15, 0.2) is 0 Å². The molecule has 2 fully saturated rings. The molecule has 0 heterocycles. The van der Waals surface area contributed by atoms with Crippen LogP contribution in [0.1, 0.15) is 65.2 Å². The lowest BCUT2D eigenvalue weighted by Crippen LogP contribution is -2.26. The third kappa shape index (κ3) is 4.75. The molecule has 0 aromatic heterocycles. The van der Waals surface area contributed by atoms with E-state index in [1.54, 1.807) is 13.0 Å². The molecule has 2 heteroatoms. The van der Waals surface area contributed by atoms with Crippen LogP contribution >= 0.6 is 12.6 Å². The molecule has 0 bridgehead atoms. The number of rotatable bonds is 4. The van der Waals surface area contributed by atoms with Crippen LogP contribution < -0.4 is 0 Å². The quantitative estimate of drug-likeness (QED) is 0.434. The van der Waals surface area contributed by atoms with Crippen LogP contribution in [0.25, 0.3) is 0 Å². The fraction of sp³-hybridized carbons (Fsp3) is 0.700. The van der Waals surface area contributed by atoms with E-state index in [1.807, 2.05) is 6.92 Å². The number of allylic oxidation sites excluding steroid dienone is 5. The molecule has 2 saturated carbocycles. The highest BCUT2D eigenvalue weighted by atomic mass is 32.1. The van der Waals surface area contributed by atoms with Crippen LogP contribution in [0, 0.1) is 17.8 Å². The smallest absolute Gasteiger partial charge is 0.125 e. The number of hydrogen-bond donors (Lipinski definition) is 1. The Hall–Kier alpha value is -0.500. The van der Waals surface area contributed by atoms with Crippen molar-refractivity contribution in [1.29, 1.82) is 0 Å². The largest absolute Gasteiger partial charge is 0.207 e. The van der Waals surface area contributed by atoms with Crippen molar-refractivity contribution in [3.63, 3.8) is 0 Å². The summed E-state index contributed by atoms with van der Waals surface area (Å²) < 4.78 is 13.8. The molecule has 0 atom stereocenters. The summed E-state index contributed by atoms with van der Waals surface area (Å²) in [5, 5.41) is 0.637. The summed E-state index contributed by atoms with van der Waals surface area (Å²) in [6, 6.07) is 0. The molecule has 0 N–H and O–H groups in total. The van der Waals surface area contributed by atoms with Gasteiger partial charge in [0.05, 0.1) is 0 Å². The SMILES string of the molecule is C=C(C)/C(F)=C\C(=C/C)C1CCC(C2CCC(S)CC2)CC1. The van der Waals surface area contributed by atoms with Gasteiger partial charge in [0.25, 0.3) is 0 Å². The van der Waals surface area contributed by atoms with Gasteiger partial charge in [-0.25, -0.2) is 4.39 Å². The standard InChI is InChI=1S/C20H31FS/c1-4-15(13-20(21)14(2)3)16-5-7-17(8-6-16)18-9-11-19(22)12-10-18/h4,13,16-19,22H,2,5-12H2,1,3H3/b15-4+,20-13+. The first-order chi connectivity index (χ1) is 10.5. The molecule has 0 radical (unpaired) electrons. The van der Waals surface area contributed by atoms with Gasteiger partial charge in [-0.2, -0.15) is 12.6 Å². The fourth-order valence-electron chi connectivity index (χ4n) is 4.20. The van der Waals surface area contributed by atoms with E-state index in [0.717, 1.165) is 17.4 Å². The second-order valence-corrected chi connectivity index (χ2v) is 7.97. The highest BCUT2D eigenvalue weighted by Gasteiger charge is 2.30. The average molecular weight is 323 g/mol. The van der Waals surface area contributed by atoms with Gasteiger partial charge < -0.3 is 0 Å². The van der Waals surface area contributed by atoms with Crippen LogP contribution in [-0.2, 0) is 0 Å². The molecule has 0 aromatic carbocycles. The number of thiol groups is 1. The Bertz CT molecular complexity index is 433. The second-order valence-electron chi connectivity index (χ2n) is 7.24. The van der Waals surface area contributed by atoms with E-state index in [2.05, 4.69) is 25.3 Å². The molecule has 2 aliphatic carbocycles. The molecular formula is C20H31FS. The molecule has 0 aliphatic heterocycles. The van der Waals surface area contributed by atoms with Crippen molar-refractivity contribution in [2.75, 3.05) is 0 Å². The summed E-state index contributed by atoms with van der Waals surface area (Å²) in [7, 11) is 0. The van der Waals surface area contributed by atoms with Gasteiger partial charge >= 0.3 is 0 Å². The van der Waals surface area contributed by atoms with Gasteiger partial charge in [-0.1, -0.05) is 12.7 Å². The van der Waals surface area contributed by atoms with Crippen LogP contribution in [0.15, 0.2) is 35.7 Å². The Morgan fingerprint density at radius 1 is 1.00 bits per heavy atom. The van der Waals surface area contributed by atoms with Crippen molar-refractivity contribution < 1.29 is 4.39 Å². The molecule has 0 unspecified atom stereocenters. The van der Waals surface area contributed by atoms with Crippen molar-refractivity contribution in [1.82, 2.24) is 0 Å². The summed E-state index contributed by atoms with van der Waals surface area (Å²) in [4.78, 5) is 0. The number of hydrogen-bond acceptors (Lipinski definition) is 1. The predicted molar refractivity (Wildman–Crippen MR) is 97.9 cm³/mol. The number of halogens is 1. The maximum Gasteiger partial charge on any atom is 0.125 e. The normalized spacial score (nSPS) is 34.5. The first-order valence-electron chi connectivity index (χ1n) is 8.88. The molecule has 0 saturated heterocycles. The zero-order valence-electron chi connectivity index (χ0n) is 14.2. The Labute approximate surface area is 141 Å². The van der Waals surface area contributed by atoms with E-state index >= 15 is 0 Å². The van der Waals surface area contributed by atoms with Crippen molar-refractivity contribution in [3.8, 4) is 0 Å². The van der Waals surface area contributed by atoms with E-state index in [1.165, 1.54) is 51.4 Å². The van der Waals surface area contributed by atoms with Crippen molar-refractivity contribution >= 4 is 12.6 Å². The first-order valence-corrected chi connectivity index (χ1v) is 9.40. The minimum atomic E-state index is -0.165. The van der Waals surface area contributed by atoms with Gasteiger partial charge in [0, 0.05) is 5.25 Å². The summed E-state index contributed by atoms with van der Waals surface area (Å²) in [5.41, 5.74) is 1.69. The average Bonchev–Trinajstić information content (AvgIpc) is 2.53. The Balaban J connectivity index is 1.88. The predicted octanol–water partition coefficient (Wildman–Crippen LogP) is 6.66. The van der Waals surface area contributed by atoms with E-state index in [-0.39, 0.29) is 5.83 Å². The van der Waals surface area contributed by atoms with E-state index in [0.29, 0.717) is 16.7 Å². The summed E-state index contributed by atoms with van der Waals surface area (Å²) >= 11 is 4.61. The lowest BCUT2D eigenvalue weighted by Gasteiger charge is -2.37. The Morgan fingerprint density at radius 3 is 1.95 bits per heavy atom. The topological polar surface area (TPSA) is 0 Å². The molecule has 124 valence electrons. The van der Waals surface area contributed by atoms with Crippen molar-refractivity contribution in [3.05, 3.63) is 35.7 Å². The summed E-state index contributed by atoms with van der Waals surface area (Å²) in [5.74, 6) is 2.18. The van der Waals surface area contributed by atoms with Crippen molar-refractivity contribution in [2.24, 2.45) is 17.8 Å². The molecule has 0 nitrogen and oxygen atoms in total. The highest BCUT2D eigenvalue weighted by Crippen LogP contribution is 2.42. The van der Waals surface area contributed by atoms with Crippen LogP contribution in [0.5, 0.6) is 0 Å². The summed E-state index contributed by atoms with van der Waals surface area (Å²) in [6.07, 6.45) is 14.2. The van der Waals surface area contributed by atoms with E-state index in [4.69, 9.17) is 0 Å². The van der Waals surface area contributed by atoms with Gasteiger partial charge in [-0.05, 0) is 100 Å². The van der Waals surface area contributed by atoms with Gasteiger partial charge in [0.1, 0.15) is 5.83 Å². The Morgan fingerprint density at radius 2 is 1.50 bits per heavy atom. The molecule has 22 heavy (non-hydrogen) atoms. The molecular weight excluding hydrogens is 291 g/mol. The van der Waals surface area contributed by atoms with Crippen LogP contribution in [0.3, 0.4) is 0 Å².